The number of aromatic nitrogens is 1. The molecule has 1 aliphatic rings. The Balaban J connectivity index is 1.21. The number of benzene rings is 6. The van der Waals surface area contributed by atoms with E-state index in [0.717, 1.165) is 42.3 Å². The third-order valence-electron chi connectivity index (χ3n) is 9.63. The number of aromatic amines is 1. The van der Waals surface area contributed by atoms with Crippen LogP contribution in [0.4, 0.5) is 17.1 Å². The molecule has 3 heteroatoms. The standard InChI is InChI=1S/C43H38N2O/c1-4-5-25-46-33-16-11-15-31(27-33)45(30-13-7-6-8-14-30)32-22-24-36-35-23-21-29(26-39(35)43(2,3)40(36)28-32)34-18-12-19-38-37-17-9-10-20-41(37)44-42(34)38/h6-24,26-28,44H,4-5,25H2,1-3H3. The van der Waals surface area contributed by atoms with Gasteiger partial charge in [-0.25, -0.2) is 0 Å². The number of ether oxygens (including phenoxy) is 1. The molecule has 0 unspecified atom stereocenters. The van der Waals surface area contributed by atoms with E-state index in [2.05, 4.69) is 164 Å². The molecule has 0 fully saturated rings. The topological polar surface area (TPSA) is 28.3 Å². The number of hydrogen-bond acceptors (Lipinski definition) is 2. The fourth-order valence-electron chi connectivity index (χ4n) is 7.22. The van der Waals surface area contributed by atoms with E-state index in [1.165, 1.54) is 55.2 Å². The van der Waals surface area contributed by atoms with Crippen molar-refractivity contribution in [3.8, 4) is 28.0 Å². The van der Waals surface area contributed by atoms with Gasteiger partial charge >= 0.3 is 0 Å². The smallest absolute Gasteiger partial charge is 0.121 e. The SMILES string of the molecule is CCCCOc1cccc(N(c2ccccc2)c2ccc3c(c2)C(C)(C)c2cc(-c4cccc5c4[nH]c4ccccc45)ccc2-3)c1. The second-order valence-corrected chi connectivity index (χ2v) is 12.9. The van der Waals surface area contributed by atoms with Crippen LogP contribution in [0.3, 0.4) is 0 Å². The number of hydrogen-bond donors (Lipinski definition) is 1. The van der Waals surface area contributed by atoms with Gasteiger partial charge in [0.2, 0.25) is 0 Å². The Morgan fingerprint density at radius 3 is 2.15 bits per heavy atom. The fourth-order valence-corrected chi connectivity index (χ4v) is 7.22. The number of nitrogens with zero attached hydrogens (tertiary/aromatic N) is 1. The minimum absolute atomic E-state index is 0.168. The molecule has 0 bridgehead atoms. The van der Waals surface area contributed by atoms with Crippen molar-refractivity contribution in [1.29, 1.82) is 0 Å². The number of H-pyrrole nitrogens is 1. The molecule has 0 atom stereocenters. The first-order valence-electron chi connectivity index (χ1n) is 16.4. The van der Waals surface area contributed by atoms with Crippen LogP contribution in [0.2, 0.25) is 0 Å². The molecule has 0 radical (unpaired) electrons. The van der Waals surface area contributed by atoms with Crippen LogP contribution < -0.4 is 9.64 Å². The van der Waals surface area contributed by atoms with E-state index >= 15 is 0 Å². The van der Waals surface area contributed by atoms with Crippen LogP contribution in [0.5, 0.6) is 5.75 Å². The Hall–Kier alpha value is -5.28. The van der Waals surface area contributed by atoms with Crippen molar-refractivity contribution in [1.82, 2.24) is 4.98 Å². The van der Waals surface area contributed by atoms with Crippen LogP contribution in [0.1, 0.15) is 44.7 Å². The van der Waals surface area contributed by atoms with E-state index in [4.69, 9.17) is 4.74 Å². The molecule has 1 heterocycles. The van der Waals surface area contributed by atoms with Gasteiger partial charge in [-0.1, -0.05) is 106 Å². The molecule has 1 N–H and O–H groups in total. The highest BCUT2D eigenvalue weighted by Gasteiger charge is 2.36. The summed E-state index contributed by atoms with van der Waals surface area (Å²) in [5.41, 5.74) is 13.4. The number of rotatable bonds is 8. The van der Waals surface area contributed by atoms with Gasteiger partial charge in [-0.05, 0) is 82.8 Å². The summed E-state index contributed by atoms with van der Waals surface area (Å²) in [5, 5.41) is 2.53. The summed E-state index contributed by atoms with van der Waals surface area (Å²) in [6.45, 7) is 7.65. The van der Waals surface area contributed by atoms with E-state index in [9.17, 15) is 0 Å². The Bertz CT molecular complexity index is 2210. The van der Waals surface area contributed by atoms with Gasteiger partial charge in [-0.15, -0.1) is 0 Å². The highest BCUT2D eigenvalue weighted by Crippen LogP contribution is 2.52. The van der Waals surface area contributed by atoms with Crippen molar-refractivity contribution < 1.29 is 4.74 Å². The third kappa shape index (κ3) is 4.66. The molecule has 1 aromatic heterocycles. The second kappa shape index (κ2) is 11.3. The largest absolute Gasteiger partial charge is 0.494 e. The molecular weight excluding hydrogens is 560 g/mol. The summed E-state index contributed by atoms with van der Waals surface area (Å²) in [4.78, 5) is 6.05. The number of anilines is 3. The summed E-state index contributed by atoms with van der Waals surface area (Å²) in [5.74, 6) is 0.901. The first kappa shape index (κ1) is 28.2. The van der Waals surface area contributed by atoms with E-state index in [0.29, 0.717) is 0 Å². The Morgan fingerprint density at radius 2 is 1.30 bits per heavy atom. The average Bonchev–Trinajstić information content (AvgIpc) is 3.58. The molecule has 1 aliphatic carbocycles. The van der Waals surface area contributed by atoms with Crippen LogP contribution in [-0.4, -0.2) is 11.6 Å². The fraction of sp³-hybridized carbons (Fsp3) is 0.163. The van der Waals surface area contributed by atoms with Crippen LogP contribution in [0.25, 0.3) is 44.1 Å². The molecule has 0 aliphatic heterocycles. The Kier molecular flexibility index (Phi) is 6.91. The molecule has 7 aromatic rings. The summed E-state index contributed by atoms with van der Waals surface area (Å²) in [7, 11) is 0. The Morgan fingerprint density at radius 1 is 0.609 bits per heavy atom. The van der Waals surface area contributed by atoms with Crippen molar-refractivity contribution in [3.63, 3.8) is 0 Å². The zero-order chi connectivity index (χ0) is 31.3. The lowest BCUT2D eigenvalue weighted by Gasteiger charge is -2.28. The molecule has 46 heavy (non-hydrogen) atoms. The minimum atomic E-state index is -0.168. The van der Waals surface area contributed by atoms with Crippen LogP contribution in [0, 0.1) is 0 Å². The second-order valence-electron chi connectivity index (χ2n) is 12.9. The molecule has 226 valence electrons. The summed E-state index contributed by atoms with van der Waals surface area (Å²) < 4.78 is 6.12. The predicted molar refractivity (Wildman–Crippen MR) is 194 cm³/mol. The number of unbranched alkanes of at least 4 members (excludes halogenated alkanes) is 1. The van der Waals surface area contributed by atoms with Gasteiger partial charge < -0.3 is 14.6 Å². The van der Waals surface area contributed by atoms with E-state index in [-0.39, 0.29) is 5.41 Å². The van der Waals surface area contributed by atoms with Gasteiger partial charge in [-0.3, -0.25) is 0 Å². The van der Waals surface area contributed by atoms with Gasteiger partial charge in [0.25, 0.3) is 0 Å². The molecule has 0 spiro atoms. The lowest BCUT2D eigenvalue weighted by atomic mass is 9.81. The quantitative estimate of drug-likeness (QED) is 0.176. The van der Waals surface area contributed by atoms with E-state index in [1.807, 2.05) is 0 Å². The average molecular weight is 599 g/mol. The molecular formula is C43H38N2O. The highest BCUT2D eigenvalue weighted by molar-refractivity contribution is 6.12. The molecule has 0 saturated carbocycles. The van der Waals surface area contributed by atoms with Crippen LogP contribution in [-0.2, 0) is 5.41 Å². The van der Waals surface area contributed by atoms with Gasteiger partial charge in [0, 0.05) is 50.4 Å². The van der Waals surface area contributed by atoms with Crippen molar-refractivity contribution in [3.05, 3.63) is 145 Å². The normalized spacial score (nSPS) is 13.1. The summed E-state index contributed by atoms with van der Waals surface area (Å²) >= 11 is 0. The van der Waals surface area contributed by atoms with Crippen molar-refractivity contribution in [2.45, 2.75) is 39.0 Å². The van der Waals surface area contributed by atoms with Gasteiger partial charge in [0.05, 0.1) is 12.1 Å². The Labute approximate surface area is 271 Å². The molecule has 0 saturated heterocycles. The van der Waals surface area contributed by atoms with Crippen molar-refractivity contribution >= 4 is 38.9 Å². The summed E-state index contributed by atoms with van der Waals surface area (Å²) in [6.07, 6.45) is 2.16. The number of fused-ring (bicyclic) bond motifs is 6. The lowest BCUT2D eigenvalue weighted by molar-refractivity contribution is 0.309. The lowest BCUT2D eigenvalue weighted by Crippen LogP contribution is -2.16. The number of para-hydroxylation sites is 3. The minimum Gasteiger partial charge on any atom is -0.494 e. The monoisotopic (exact) mass is 598 g/mol. The molecule has 3 nitrogen and oxygen atoms in total. The third-order valence-corrected chi connectivity index (χ3v) is 9.63. The zero-order valence-corrected chi connectivity index (χ0v) is 26.7. The van der Waals surface area contributed by atoms with Crippen molar-refractivity contribution in [2.75, 3.05) is 11.5 Å². The summed E-state index contributed by atoms with van der Waals surface area (Å²) in [6, 6.07) is 48.3. The van der Waals surface area contributed by atoms with Crippen LogP contribution in [0.15, 0.2) is 133 Å². The zero-order valence-electron chi connectivity index (χ0n) is 26.7. The number of nitrogens with one attached hydrogen (secondary N) is 1. The molecule has 6 aromatic carbocycles. The molecule has 8 rings (SSSR count). The van der Waals surface area contributed by atoms with Crippen LogP contribution >= 0.6 is 0 Å². The predicted octanol–water partition coefficient (Wildman–Crippen LogP) is 11.9. The van der Waals surface area contributed by atoms with Gasteiger partial charge in [-0.2, -0.15) is 0 Å². The van der Waals surface area contributed by atoms with Gasteiger partial charge in [0.1, 0.15) is 5.75 Å². The first-order chi connectivity index (χ1) is 22.5. The molecule has 0 amide bonds. The maximum absolute atomic E-state index is 6.12. The van der Waals surface area contributed by atoms with E-state index < -0.39 is 0 Å². The van der Waals surface area contributed by atoms with Crippen molar-refractivity contribution in [2.24, 2.45) is 0 Å². The maximum atomic E-state index is 6.12. The maximum Gasteiger partial charge on any atom is 0.121 e. The first-order valence-corrected chi connectivity index (χ1v) is 16.4. The highest BCUT2D eigenvalue weighted by atomic mass is 16.5. The van der Waals surface area contributed by atoms with E-state index in [1.54, 1.807) is 0 Å². The van der Waals surface area contributed by atoms with Gasteiger partial charge in [0.15, 0.2) is 0 Å².